The Morgan fingerprint density at radius 2 is 2.47 bits per heavy atom. The zero-order valence-corrected chi connectivity index (χ0v) is 11.5. The Morgan fingerprint density at radius 1 is 1.59 bits per heavy atom. The summed E-state index contributed by atoms with van der Waals surface area (Å²) in [6, 6.07) is 0. The number of hydrogen-bond donors (Lipinski definition) is 1. The van der Waals surface area contributed by atoms with Crippen LogP contribution in [0, 0.1) is 5.92 Å². The zero-order chi connectivity index (χ0) is 12.1. The van der Waals surface area contributed by atoms with Gasteiger partial charge < -0.3 is 14.6 Å². The lowest BCUT2D eigenvalue weighted by Gasteiger charge is -2.39. The monoisotopic (exact) mass is 260 g/mol. The van der Waals surface area contributed by atoms with Gasteiger partial charge in [0.15, 0.2) is 0 Å². The topological polar surface area (TPSA) is 38.7 Å². The van der Waals surface area contributed by atoms with Crippen molar-refractivity contribution in [3.63, 3.8) is 0 Å². The summed E-state index contributed by atoms with van der Waals surface area (Å²) in [5.74, 6) is 2.67. The molecule has 3 nitrogen and oxygen atoms in total. The summed E-state index contributed by atoms with van der Waals surface area (Å²) in [7, 11) is 0. The molecule has 0 aromatic heterocycles. The van der Waals surface area contributed by atoms with Gasteiger partial charge in [0.2, 0.25) is 0 Å². The van der Waals surface area contributed by atoms with Crippen molar-refractivity contribution in [2.45, 2.75) is 44.3 Å². The third kappa shape index (κ3) is 3.60. The highest BCUT2D eigenvalue weighted by Crippen LogP contribution is 2.41. The highest BCUT2D eigenvalue weighted by atomic mass is 32.2. The van der Waals surface area contributed by atoms with Gasteiger partial charge in [0.25, 0.3) is 0 Å². The van der Waals surface area contributed by atoms with Crippen LogP contribution in [0.1, 0.15) is 32.6 Å². The van der Waals surface area contributed by atoms with Crippen molar-refractivity contribution in [1.82, 2.24) is 0 Å². The van der Waals surface area contributed by atoms with Gasteiger partial charge in [0.05, 0.1) is 18.3 Å². The predicted molar refractivity (Wildman–Crippen MR) is 70.5 cm³/mol. The van der Waals surface area contributed by atoms with Crippen LogP contribution in [0.4, 0.5) is 0 Å². The number of aliphatic hydroxyl groups is 1. The fraction of sp³-hybridized carbons (Fsp3) is 1.00. The van der Waals surface area contributed by atoms with Gasteiger partial charge >= 0.3 is 0 Å². The van der Waals surface area contributed by atoms with Gasteiger partial charge in [-0.1, -0.05) is 6.92 Å². The first-order valence-corrected chi connectivity index (χ1v) is 7.89. The molecule has 4 heteroatoms. The molecule has 1 spiro atoms. The fourth-order valence-corrected chi connectivity index (χ4v) is 4.12. The van der Waals surface area contributed by atoms with E-state index in [0.29, 0.717) is 12.5 Å². The van der Waals surface area contributed by atoms with Crippen LogP contribution in [0.2, 0.25) is 0 Å². The molecule has 0 amide bonds. The predicted octanol–water partition coefficient (Wildman–Crippen LogP) is 2.08. The molecule has 2 aliphatic rings. The van der Waals surface area contributed by atoms with Gasteiger partial charge in [-0.15, -0.1) is 0 Å². The minimum atomic E-state index is -0.312. The van der Waals surface area contributed by atoms with E-state index in [9.17, 15) is 5.11 Å². The molecule has 3 unspecified atom stereocenters. The van der Waals surface area contributed by atoms with Crippen molar-refractivity contribution in [3.05, 3.63) is 0 Å². The first kappa shape index (κ1) is 13.7. The molecule has 2 aliphatic heterocycles. The van der Waals surface area contributed by atoms with Crippen molar-refractivity contribution in [2.24, 2.45) is 5.92 Å². The van der Waals surface area contributed by atoms with Crippen LogP contribution in [-0.2, 0) is 9.47 Å². The smallest absolute Gasteiger partial charge is 0.0803 e. The fourth-order valence-electron chi connectivity index (χ4n) is 2.74. The molecular weight excluding hydrogens is 236 g/mol. The SMILES string of the molecule is CCCOCC(O)C1CCOC2(CCSC2)C1. The second kappa shape index (κ2) is 6.41. The van der Waals surface area contributed by atoms with E-state index >= 15 is 0 Å². The summed E-state index contributed by atoms with van der Waals surface area (Å²) < 4.78 is 11.4. The molecule has 3 atom stereocenters. The van der Waals surface area contributed by atoms with E-state index in [4.69, 9.17) is 9.47 Å². The number of thioether (sulfide) groups is 1. The van der Waals surface area contributed by atoms with Crippen molar-refractivity contribution in [1.29, 1.82) is 0 Å². The van der Waals surface area contributed by atoms with Crippen LogP contribution in [0.3, 0.4) is 0 Å². The molecule has 1 N–H and O–H groups in total. The average Bonchev–Trinajstić information content (AvgIpc) is 2.77. The van der Waals surface area contributed by atoms with Crippen molar-refractivity contribution in [2.75, 3.05) is 31.3 Å². The summed E-state index contributed by atoms with van der Waals surface area (Å²) in [6.07, 6.45) is 3.84. The van der Waals surface area contributed by atoms with Crippen LogP contribution < -0.4 is 0 Å². The molecule has 2 rings (SSSR count). The van der Waals surface area contributed by atoms with Crippen LogP contribution in [0.25, 0.3) is 0 Å². The van der Waals surface area contributed by atoms with Gasteiger partial charge in [-0.25, -0.2) is 0 Å². The van der Waals surface area contributed by atoms with Crippen molar-refractivity contribution >= 4 is 11.8 Å². The van der Waals surface area contributed by atoms with E-state index in [1.807, 2.05) is 11.8 Å². The summed E-state index contributed by atoms with van der Waals surface area (Å²) in [5, 5.41) is 10.2. The van der Waals surface area contributed by atoms with E-state index in [1.165, 1.54) is 5.75 Å². The van der Waals surface area contributed by atoms with E-state index in [1.54, 1.807) is 0 Å². The highest BCUT2D eigenvalue weighted by Gasteiger charge is 2.42. The van der Waals surface area contributed by atoms with E-state index in [0.717, 1.165) is 44.6 Å². The number of aliphatic hydroxyl groups excluding tert-OH is 1. The lowest BCUT2D eigenvalue weighted by Crippen LogP contribution is -2.44. The van der Waals surface area contributed by atoms with Crippen molar-refractivity contribution in [3.8, 4) is 0 Å². The normalized spacial score (nSPS) is 35.3. The van der Waals surface area contributed by atoms with Gasteiger partial charge in [-0.3, -0.25) is 0 Å². The Balaban J connectivity index is 1.79. The first-order chi connectivity index (χ1) is 8.26. The zero-order valence-electron chi connectivity index (χ0n) is 10.7. The third-order valence-electron chi connectivity index (χ3n) is 3.78. The molecule has 0 bridgehead atoms. The number of ether oxygens (including phenoxy) is 2. The van der Waals surface area contributed by atoms with Crippen molar-refractivity contribution < 1.29 is 14.6 Å². The lowest BCUT2D eigenvalue weighted by molar-refractivity contribution is -0.111. The van der Waals surface area contributed by atoms with Crippen LogP contribution in [0.15, 0.2) is 0 Å². The maximum absolute atomic E-state index is 10.2. The molecular formula is C13H24O3S. The molecule has 100 valence electrons. The second-order valence-electron chi connectivity index (χ2n) is 5.23. The molecule has 0 radical (unpaired) electrons. The number of hydrogen-bond acceptors (Lipinski definition) is 4. The maximum atomic E-state index is 10.2. The Morgan fingerprint density at radius 3 is 3.18 bits per heavy atom. The van der Waals surface area contributed by atoms with Crippen LogP contribution in [0.5, 0.6) is 0 Å². The van der Waals surface area contributed by atoms with Gasteiger partial charge in [-0.2, -0.15) is 11.8 Å². The van der Waals surface area contributed by atoms with Gasteiger partial charge in [0, 0.05) is 19.0 Å². The molecule has 2 fully saturated rings. The Bertz CT molecular complexity index is 229. The first-order valence-electron chi connectivity index (χ1n) is 6.73. The van der Waals surface area contributed by atoms with Gasteiger partial charge in [0.1, 0.15) is 0 Å². The average molecular weight is 260 g/mol. The maximum Gasteiger partial charge on any atom is 0.0803 e. The molecule has 0 aromatic rings. The standard InChI is InChI=1S/C13H24O3S/c1-2-5-15-9-12(14)11-3-6-16-13(8-11)4-7-17-10-13/h11-12,14H,2-10H2,1H3. The minimum absolute atomic E-state index is 0.0688. The Kier molecular flexibility index (Phi) is 5.15. The summed E-state index contributed by atoms with van der Waals surface area (Å²) in [4.78, 5) is 0. The summed E-state index contributed by atoms with van der Waals surface area (Å²) >= 11 is 1.98. The molecule has 0 aliphatic carbocycles. The van der Waals surface area contributed by atoms with E-state index in [2.05, 4.69) is 6.92 Å². The largest absolute Gasteiger partial charge is 0.390 e. The quantitative estimate of drug-likeness (QED) is 0.768. The minimum Gasteiger partial charge on any atom is -0.390 e. The summed E-state index contributed by atoms with van der Waals surface area (Å²) in [5.41, 5.74) is 0.0688. The third-order valence-corrected chi connectivity index (χ3v) is 5.00. The molecule has 2 saturated heterocycles. The molecule has 2 heterocycles. The van der Waals surface area contributed by atoms with E-state index < -0.39 is 0 Å². The highest BCUT2D eigenvalue weighted by molar-refractivity contribution is 7.99. The lowest BCUT2D eigenvalue weighted by atomic mass is 9.82. The summed E-state index contributed by atoms with van der Waals surface area (Å²) in [6.45, 7) is 4.13. The Hall–Kier alpha value is 0.230. The molecule has 0 saturated carbocycles. The number of rotatable bonds is 5. The molecule has 17 heavy (non-hydrogen) atoms. The molecule has 0 aromatic carbocycles. The second-order valence-corrected chi connectivity index (χ2v) is 6.33. The Labute approximate surface area is 108 Å². The van der Waals surface area contributed by atoms with E-state index in [-0.39, 0.29) is 11.7 Å². The van der Waals surface area contributed by atoms with Gasteiger partial charge in [-0.05, 0) is 37.4 Å². The van der Waals surface area contributed by atoms with Crippen LogP contribution >= 0.6 is 11.8 Å². The van der Waals surface area contributed by atoms with Crippen LogP contribution in [-0.4, -0.2) is 48.1 Å².